The first-order chi connectivity index (χ1) is 9.47. The first-order valence-corrected chi connectivity index (χ1v) is 8.23. The molecule has 1 aromatic heterocycles. The fourth-order valence-corrected chi connectivity index (χ4v) is 3.44. The second-order valence-corrected chi connectivity index (χ2v) is 7.42. The van der Waals surface area contributed by atoms with Crippen LogP contribution in [0.3, 0.4) is 0 Å². The molecule has 0 spiro atoms. The number of rotatable bonds is 5. The first kappa shape index (κ1) is 21.6. The molecule has 1 aliphatic heterocycles. The monoisotopic (exact) mass is 367 g/mol. The minimum atomic E-state index is -0.371. The third kappa shape index (κ3) is 6.41. The number of aryl methyl sites for hydroxylation is 1. The quantitative estimate of drug-likeness (QED) is 0.837. The Labute approximate surface area is 149 Å². The molecule has 1 amide bonds. The van der Waals surface area contributed by atoms with Gasteiger partial charge in [0.15, 0.2) is 0 Å². The maximum atomic E-state index is 12.1. The molecule has 0 aliphatic carbocycles. The summed E-state index contributed by atoms with van der Waals surface area (Å²) in [7, 11) is 0. The molecule has 0 bridgehead atoms. The van der Waals surface area contributed by atoms with E-state index in [2.05, 4.69) is 15.6 Å². The van der Waals surface area contributed by atoms with E-state index in [9.17, 15) is 4.79 Å². The molecule has 2 heterocycles. The molecular formula is C15H27Cl2N3OS. The molecule has 1 fully saturated rings. The molecule has 128 valence electrons. The lowest BCUT2D eigenvalue weighted by atomic mass is 9.93. The Balaban J connectivity index is 0.00000220. The fraction of sp³-hybridized carbons (Fsp3) is 0.733. The molecule has 2 rings (SSSR count). The number of nitrogens with one attached hydrogen (secondary N) is 2. The summed E-state index contributed by atoms with van der Waals surface area (Å²) in [6.07, 6.45) is 5.88. The van der Waals surface area contributed by atoms with Crippen LogP contribution in [0.2, 0.25) is 0 Å². The highest BCUT2D eigenvalue weighted by Gasteiger charge is 2.26. The molecule has 4 nitrogen and oxygen atoms in total. The summed E-state index contributed by atoms with van der Waals surface area (Å²) in [5.74, 6) is 0.841. The third-order valence-electron chi connectivity index (χ3n) is 3.85. The number of nitrogens with zero attached hydrogens (tertiary/aromatic N) is 1. The number of hydrogen-bond acceptors (Lipinski definition) is 4. The van der Waals surface area contributed by atoms with E-state index in [1.807, 2.05) is 27.0 Å². The van der Waals surface area contributed by atoms with Crippen molar-refractivity contribution in [2.24, 2.45) is 5.92 Å². The molecule has 0 radical (unpaired) electrons. The summed E-state index contributed by atoms with van der Waals surface area (Å²) in [6.45, 7) is 8.27. The van der Waals surface area contributed by atoms with E-state index in [-0.39, 0.29) is 36.3 Å². The lowest BCUT2D eigenvalue weighted by molar-refractivity contribution is -0.123. The largest absolute Gasteiger partial charge is 0.345 e. The van der Waals surface area contributed by atoms with E-state index in [0.717, 1.165) is 24.5 Å². The summed E-state index contributed by atoms with van der Waals surface area (Å²) in [6, 6.07) is 0. The zero-order chi connectivity index (χ0) is 14.6. The van der Waals surface area contributed by atoms with Crippen LogP contribution >= 0.6 is 36.2 Å². The molecule has 1 aromatic rings. The zero-order valence-corrected chi connectivity index (χ0v) is 15.9. The highest BCUT2D eigenvalue weighted by atomic mass is 35.5. The Morgan fingerprint density at radius 3 is 2.59 bits per heavy atom. The van der Waals surface area contributed by atoms with E-state index in [4.69, 9.17) is 0 Å². The van der Waals surface area contributed by atoms with Crippen LogP contribution < -0.4 is 10.6 Å². The Morgan fingerprint density at radius 2 is 2.05 bits per heavy atom. The summed E-state index contributed by atoms with van der Waals surface area (Å²) >= 11 is 1.65. The lowest BCUT2D eigenvalue weighted by Crippen LogP contribution is -2.41. The van der Waals surface area contributed by atoms with Gasteiger partial charge in [0.1, 0.15) is 5.01 Å². The van der Waals surface area contributed by atoms with Crippen molar-refractivity contribution in [3.05, 3.63) is 16.1 Å². The van der Waals surface area contributed by atoms with Crippen molar-refractivity contribution in [1.29, 1.82) is 0 Å². The maximum Gasteiger partial charge on any atom is 0.220 e. The average Bonchev–Trinajstić information content (AvgIpc) is 2.85. The molecule has 22 heavy (non-hydrogen) atoms. The highest BCUT2D eigenvalue weighted by molar-refractivity contribution is 7.11. The van der Waals surface area contributed by atoms with E-state index in [1.54, 1.807) is 11.3 Å². The smallest absolute Gasteiger partial charge is 0.220 e. The maximum absolute atomic E-state index is 12.1. The van der Waals surface area contributed by atoms with Gasteiger partial charge in [-0.1, -0.05) is 0 Å². The van der Waals surface area contributed by atoms with Gasteiger partial charge in [-0.3, -0.25) is 4.79 Å². The van der Waals surface area contributed by atoms with Crippen molar-refractivity contribution in [3.8, 4) is 0 Å². The predicted molar refractivity (Wildman–Crippen MR) is 97.3 cm³/mol. The van der Waals surface area contributed by atoms with Crippen molar-refractivity contribution >= 4 is 42.1 Å². The predicted octanol–water partition coefficient (Wildman–Crippen LogP) is 3.43. The van der Waals surface area contributed by atoms with E-state index >= 15 is 0 Å². The lowest BCUT2D eigenvalue weighted by Gasteiger charge is -2.25. The van der Waals surface area contributed by atoms with Gasteiger partial charge in [-0.25, -0.2) is 4.98 Å². The van der Waals surface area contributed by atoms with Gasteiger partial charge in [0.05, 0.1) is 5.54 Å². The minimum Gasteiger partial charge on any atom is -0.345 e. The number of halogens is 2. The van der Waals surface area contributed by atoms with Gasteiger partial charge in [-0.15, -0.1) is 36.2 Å². The number of piperidine rings is 1. The van der Waals surface area contributed by atoms with Crippen molar-refractivity contribution in [2.45, 2.75) is 52.0 Å². The molecule has 7 heteroatoms. The van der Waals surface area contributed by atoms with Crippen molar-refractivity contribution in [1.82, 2.24) is 15.6 Å². The molecule has 2 N–H and O–H groups in total. The first-order valence-electron chi connectivity index (χ1n) is 7.42. The van der Waals surface area contributed by atoms with Gasteiger partial charge in [-0.2, -0.15) is 0 Å². The second-order valence-electron chi connectivity index (χ2n) is 6.18. The number of aromatic nitrogens is 1. The Hall–Kier alpha value is -0.360. The van der Waals surface area contributed by atoms with E-state index in [1.165, 1.54) is 17.7 Å². The number of hydrogen-bond donors (Lipinski definition) is 2. The molecule has 1 saturated heterocycles. The third-order valence-corrected chi connectivity index (χ3v) is 5.08. The molecule has 0 saturated carbocycles. The summed E-state index contributed by atoms with van der Waals surface area (Å²) in [4.78, 5) is 17.7. The van der Waals surface area contributed by atoms with Crippen LogP contribution in [0.25, 0.3) is 0 Å². The number of amides is 1. The number of carbonyl (C=O) groups excluding carboxylic acids is 1. The topological polar surface area (TPSA) is 54.0 Å². The van der Waals surface area contributed by atoms with Crippen molar-refractivity contribution in [3.63, 3.8) is 0 Å². The molecule has 0 atom stereocenters. The van der Waals surface area contributed by atoms with Gasteiger partial charge >= 0.3 is 0 Å². The van der Waals surface area contributed by atoms with Crippen molar-refractivity contribution < 1.29 is 4.79 Å². The van der Waals surface area contributed by atoms with Crippen molar-refractivity contribution in [2.75, 3.05) is 13.1 Å². The summed E-state index contributed by atoms with van der Waals surface area (Å²) in [5, 5.41) is 7.45. The molecule has 0 unspecified atom stereocenters. The van der Waals surface area contributed by atoms with Gasteiger partial charge in [0.25, 0.3) is 0 Å². The van der Waals surface area contributed by atoms with Crippen LogP contribution in [0.15, 0.2) is 6.20 Å². The standard InChI is InChI=1S/C15H25N3OS.2ClH/c1-11-10-17-14(20-11)15(2,3)18-13(19)5-4-12-6-8-16-9-7-12;;/h10,12,16H,4-9H2,1-3H3,(H,18,19);2*1H. The summed E-state index contributed by atoms with van der Waals surface area (Å²) in [5.41, 5.74) is -0.371. The molecular weight excluding hydrogens is 341 g/mol. The Bertz CT molecular complexity index is 459. The van der Waals surface area contributed by atoms with Crippen LogP contribution in [-0.2, 0) is 10.3 Å². The Kier molecular flexibility index (Phi) is 9.55. The normalized spacial score (nSPS) is 15.6. The van der Waals surface area contributed by atoms with Gasteiger partial charge < -0.3 is 10.6 Å². The van der Waals surface area contributed by atoms with E-state index in [0.29, 0.717) is 12.3 Å². The van der Waals surface area contributed by atoms with Gasteiger partial charge in [0, 0.05) is 17.5 Å². The Morgan fingerprint density at radius 1 is 1.41 bits per heavy atom. The van der Waals surface area contributed by atoms with Gasteiger partial charge in [-0.05, 0) is 59.0 Å². The van der Waals surface area contributed by atoms with Crippen LogP contribution in [0, 0.1) is 12.8 Å². The average molecular weight is 368 g/mol. The van der Waals surface area contributed by atoms with Crippen LogP contribution in [0.5, 0.6) is 0 Å². The minimum absolute atomic E-state index is 0. The van der Waals surface area contributed by atoms with Crippen LogP contribution in [0.1, 0.15) is 49.4 Å². The number of thiazole rings is 1. The molecule has 1 aliphatic rings. The number of carbonyl (C=O) groups is 1. The second kappa shape index (κ2) is 9.71. The SMILES string of the molecule is Cc1cnc(C(C)(C)NC(=O)CCC2CCNCC2)s1.Cl.Cl. The van der Waals surface area contributed by atoms with Crippen LogP contribution in [-0.4, -0.2) is 24.0 Å². The summed E-state index contributed by atoms with van der Waals surface area (Å²) < 4.78 is 0. The highest BCUT2D eigenvalue weighted by Crippen LogP contribution is 2.25. The van der Waals surface area contributed by atoms with E-state index < -0.39 is 0 Å². The van der Waals surface area contributed by atoms with Crippen LogP contribution in [0.4, 0.5) is 0 Å². The fourth-order valence-electron chi connectivity index (χ4n) is 2.61. The van der Waals surface area contributed by atoms with Gasteiger partial charge in [0.2, 0.25) is 5.91 Å². The zero-order valence-electron chi connectivity index (χ0n) is 13.5. The molecule has 0 aromatic carbocycles.